The first-order valence-corrected chi connectivity index (χ1v) is 7.73. The maximum absolute atomic E-state index is 11.9. The van der Waals surface area contributed by atoms with Crippen LogP contribution in [0.25, 0.3) is 11.1 Å². The Kier molecular flexibility index (Phi) is 5.07. The van der Waals surface area contributed by atoms with E-state index in [0.717, 1.165) is 11.1 Å². The average molecular weight is 332 g/mol. The lowest BCUT2D eigenvalue weighted by Gasteiger charge is -2.07. The molecule has 0 spiro atoms. The van der Waals surface area contributed by atoms with Crippen LogP contribution in [0.1, 0.15) is 0 Å². The first-order chi connectivity index (χ1) is 12.2. The predicted molar refractivity (Wildman–Crippen MR) is 93.8 cm³/mol. The monoisotopic (exact) mass is 332 g/mol. The van der Waals surface area contributed by atoms with Gasteiger partial charge in [0.25, 0.3) is 5.91 Å². The zero-order valence-electron chi connectivity index (χ0n) is 13.4. The zero-order chi connectivity index (χ0) is 17.5. The number of rotatable bonds is 6. The number of hydrogen-bond acceptors (Lipinski definition) is 4. The number of ether oxygens (including phenoxy) is 1. The molecule has 1 amide bonds. The highest BCUT2D eigenvalue weighted by molar-refractivity contribution is 5.90. The van der Waals surface area contributed by atoms with Crippen LogP contribution >= 0.6 is 0 Å². The van der Waals surface area contributed by atoms with Gasteiger partial charge >= 0.3 is 0 Å². The minimum absolute atomic E-state index is 0.115. The molecule has 6 nitrogen and oxygen atoms in total. The van der Waals surface area contributed by atoms with E-state index in [1.165, 1.54) is 4.68 Å². The van der Waals surface area contributed by atoms with Crippen molar-refractivity contribution in [2.24, 2.45) is 0 Å². The molecule has 0 aliphatic heterocycles. The molecule has 1 N–H and O–H groups in total. The minimum atomic E-state index is -0.311. The van der Waals surface area contributed by atoms with Crippen molar-refractivity contribution in [1.29, 1.82) is 5.26 Å². The summed E-state index contributed by atoms with van der Waals surface area (Å²) in [6, 6.07) is 21.2. The molecule has 25 heavy (non-hydrogen) atoms. The Labute approximate surface area is 145 Å². The standard InChI is InChI=1S/C19H16N4O2/c20-11-13-23-12-10-18(22-23)21-19(24)14-25-17-8-6-16(7-9-17)15-4-2-1-3-5-15/h1-10,12H,13-14H2,(H,21,22,24). The molecule has 6 heteroatoms. The Bertz CT molecular complexity index is 880. The summed E-state index contributed by atoms with van der Waals surface area (Å²) in [6.45, 7) is 0.0237. The lowest BCUT2D eigenvalue weighted by atomic mass is 10.1. The fraction of sp³-hybridized carbons (Fsp3) is 0.105. The Morgan fingerprint density at radius 2 is 1.80 bits per heavy atom. The van der Waals surface area contributed by atoms with E-state index in [1.54, 1.807) is 12.3 Å². The summed E-state index contributed by atoms with van der Waals surface area (Å²) in [4.78, 5) is 11.9. The molecule has 0 bridgehead atoms. The van der Waals surface area contributed by atoms with Crippen LogP contribution in [-0.2, 0) is 11.3 Å². The van der Waals surface area contributed by atoms with Gasteiger partial charge in [-0.3, -0.25) is 9.48 Å². The molecule has 1 heterocycles. The van der Waals surface area contributed by atoms with Gasteiger partial charge < -0.3 is 10.1 Å². The van der Waals surface area contributed by atoms with Crippen molar-refractivity contribution in [3.05, 3.63) is 66.9 Å². The highest BCUT2D eigenvalue weighted by Crippen LogP contribution is 2.22. The van der Waals surface area contributed by atoms with Crippen LogP contribution in [0.5, 0.6) is 5.75 Å². The fourth-order valence-electron chi connectivity index (χ4n) is 2.29. The quantitative estimate of drug-likeness (QED) is 0.752. The van der Waals surface area contributed by atoms with Crippen LogP contribution in [0.3, 0.4) is 0 Å². The van der Waals surface area contributed by atoms with Gasteiger partial charge in [-0.25, -0.2) is 0 Å². The molecule has 1 aromatic heterocycles. The molecular formula is C19H16N4O2. The highest BCUT2D eigenvalue weighted by Gasteiger charge is 2.06. The maximum Gasteiger partial charge on any atom is 0.263 e. The van der Waals surface area contributed by atoms with Crippen molar-refractivity contribution in [1.82, 2.24) is 9.78 Å². The van der Waals surface area contributed by atoms with Crippen molar-refractivity contribution in [3.8, 4) is 22.9 Å². The first-order valence-electron chi connectivity index (χ1n) is 7.73. The molecule has 0 saturated carbocycles. The molecule has 3 rings (SSSR count). The molecule has 0 radical (unpaired) electrons. The van der Waals surface area contributed by atoms with Gasteiger partial charge in [-0.15, -0.1) is 0 Å². The number of nitrogens with one attached hydrogen (secondary N) is 1. The number of amides is 1. The number of anilines is 1. The van der Waals surface area contributed by atoms with Gasteiger partial charge in [0.1, 0.15) is 12.3 Å². The number of hydrogen-bond donors (Lipinski definition) is 1. The first kappa shape index (κ1) is 16.3. The molecular weight excluding hydrogens is 316 g/mol. The number of nitrogens with zero attached hydrogens (tertiary/aromatic N) is 3. The second-order valence-corrected chi connectivity index (χ2v) is 5.28. The number of carbonyl (C=O) groups is 1. The molecule has 0 atom stereocenters. The number of aromatic nitrogens is 2. The normalized spacial score (nSPS) is 10.0. The summed E-state index contributed by atoms with van der Waals surface area (Å²) >= 11 is 0. The number of benzene rings is 2. The van der Waals surface area contributed by atoms with E-state index in [0.29, 0.717) is 11.6 Å². The minimum Gasteiger partial charge on any atom is -0.484 e. The topological polar surface area (TPSA) is 79.9 Å². The van der Waals surface area contributed by atoms with Crippen LogP contribution < -0.4 is 10.1 Å². The van der Waals surface area contributed by atoms with Gasteiger partial charge in [-0.05, 0) is 23.3 Å². The summed E-state index contributed by atoms with van der Waals surface area (Å²) in [5.41, 5.74) is 2.21. The van der Waals surface area contributed by atoms with Gasteiger partial charge in [-0.1, -0.05) is 42.5 Å². The van der Waals surface area contributed by atoms with E-state index in [9.17, 15) is 4.79 Å². The number of carbonyl (C=O) groups excluding carboxylic acids is 1. The van der Waals surface area contributed by atoms with Crippen molar-refractivity contribution >= 4 is 11.7 Å². The predicted octanol–water partition coefficient (Wildman–Crippen LogP) is 3.09. The van der Waals surface area contributed by atoms with Gasteiger partial charge in [0, 0.05) is 12.3 Å². The summed E-state index contributed by atoms with van der Waals surface area (Å²) < 4.78 is 6.93. The Morgan fingerprint density at radius 3 is 2.52 bits per heavy atom. The van der Waals surface area contributed by atoms with E-state index < -0.39 is 0 Å². The third-order valence-electron chi connectivity index (χ3n) is 3.47. The highest BCUT2D eigenvalue weighted by atomic mass is 16.5. The molecule has 0 aliphatic carbocycles. The molecule has 124 valence electrons. The van der Waals surface area contributed by atoms with Gasteiger partial charge in [0.05, 0.1) is 6.07 Å². The second kappa shape index (κ2) is 7.79. The van der Waals surface area contributed by atoms with E-state index in [4.69, 9.17) is 10.00 Å². The maximum atomic E-state index is 11.9. The van der Waals surface area contributed by atoms with Gasteiger partial charge in [0.2, 0.25) is 0 Å². The lowest BCUT2D eigenvalue weighted by molar-refractivity contribution is -0.118. The van der Waals surface area contributed by atoms with Crippen LogP contribution in [0, 0.1) is 11.3 Å². The fourth-order valence-corrected chi connectivity index (χ4v) is 2.29. The van der Waals surface area contributed by atoms with Crippen LogP contribution in [0.4, 0.5) is 5.82 Å². The average Bonchev–Trinajstić information content (AvgIpc) is 3.08. The SMILES string of the molecule is N#CCn1ccc(NC(=O)COc2ccc(-c3ccccc3)cc2)n1. The van der Waals surface area contributed by atoms with Gasteiger partial charge in [0.15, 0.2) is 12.4 Å². The van der Waals surface area contributed by atoms with Crippen molar-refractivity contribution < 1.29 is 9.53 Å². The van der Waals surface area contributed by atoms with Crippen molar-refractivity contribution in [2.45, 2.75) is 6.54 Å². The summed E-state index contributed by atoms with van der Waals surface area (Å²) in [5.74, 6) is 0.697. The largest absolute Gasteiger partial charge is 0.484 e. The second-order valence-electron chi connectivity index (χ2n) is 5.28. The lowest BCUT2D eigenvalue weighted by Crippen LogP contribution is -2.20. The Hall–Kier alpha value is -3.59. The van der Waals surface area contributed by atoms with E-state index in [-0.39, 0.29) is 19.1 Å². The third-order valence-corrected chi connectivity index (χ3v) is 3.47. The molecule has 0 aliphatic rings. The molecule has 0 fully saturated rings. The third kappa shape index (κ3) is 4.45. The van der Waals surface area contributed by atoms with Crippen LogP contribution in [-0.4, -0.2) is 22.3 Å². The zero-order valence-corrected chi connectivity index (χ0v) is 13.4. The van der Waals surface area contributed by atoms with Crippen molar-refractivity contribution in [2.75, 3.05) is 11.9 Å². The Morgan fingerprint density at radius 1 is 1.08 bits per heavy atom. The summed E-state index contributed by atoms with van der Waals surface area (Å²) in [5, 5.41) is 15.3. The van der Waals surface area contributed by atoms with Gasteiger partial charge in [-0.2, -0.15) is 10.4 Å². The molecule has 2 aromatic carbocycles. The number of nitriles is 1. The summed E-state index contributed by atoms with van der Waals surface area (Å²) in [7, 11) is 0. The van der Waals surface area contributed by atoms with E-state index in [1.807, 2.05) is 60.7 Å². The Balaban J connectivity index is 1.52. The molecule has 0 saturated heterocycles. The smallest absolute Gasteiger partial charge is 0.263 e. The van der Waals surface area contributed by atoms with E-state index in [2.05, 4.69) is 10.4 Å². The summed E-state index contributed by atoms with van der Waals surface area (Å²) in [6.07, 6.45) is 1.63. The van der Waals surface area contributed by atoms with Crippen molar-refractivity contribution in [3.63, 3.8) is 0 Å². The van der Waals surface area contributed by atoms with Crippen LogP contribution in [0.15, 0.2) is 66.9 Å². The molecule has 0 unspecified atom stereocenters. The molecule has 3 aromatic rings. The van der Waals surface area contributed by atoms with Crippen LogP contribution in [0.2, 0.25) is 0 Å². The van der Waals surface area contributed by atoms with E-state index >= 15 is 0 Å².